The lowest BCUT2D eigenvalue weighted by molar-refractivity contribution is -0.849. The molecule has 0 N–H and O–H groups in total. The number of nitrogens with zero attached hydrogens (tertiary/aromatic N) is 1. The van der Waals surface area contributed by atoms with Gasteiger partial charge in [0.2, 0.25) is 6.71 Å². The molecule has 0 bridgehead atoms. The van der Waals surface area contributed by atoms with Gasteiger partial charge in [-0.1, -0.05) is 133 Å². The Morgan fingerprint density at radius 2 is 1.00 bits per heavy atom. The number of rotatable bonds is 10. The zero-order valence-electron chi connectivity index (χ0n) is 23.8. The predicted molar refractivity (Wildman–Crippen MR) is 159 cm³/mol. The Morgan fingerprint density at radius 3 is 1.49 bits per heavy atom. The summed E-state index contributed by atoms with van der Waals surface area (Å²) in [5.41, 5.74) is 9.74. The standard InChI is InChI=1S/C29H37B.C4H12N/c1-5-6-7-8-9-10-11-26-22-29(21-16-25(26)4)30(27-17-12-23(2)13-18-27)28-19-14-24(3)15-20-28;1-5(2,3)4/h12-22H,5-11H2,1-4H3;1-4H3/q;+1. The van der Waals surface area contributed by atoms with Gasteiger partial charge >= 0.3 is 0 Å². The van der Waals surface area contributed by atoms with Crippen LogP contribution in [0.5, 0.6) is 0 Å². The number of unbranched alkanes of at least 4 members (excludes halogenated alkanes) is 5. The Morgan fingerprint density at radius 1 is 0.571 bits per heavy atom. The van der Waals surface area contributed by atoms with E-state index in [9.17, 15) is 0 Å². The summed E-state index contributed by atoms with van der Waals surface area (Å²) in [6, 6.07) is 25.3. The summed E-state index contributed by atoms with van der Waals surface area (Å²) < 4.78 is 1.00. The SMILES string of the molecule is CCCCCCCCc1cc(B(c2ccc(C)cc2)c2ccc(C)cc2)ccc1C.C[N+](C)(C)C. The monoisotopic (exact) mass is 470 g/mol. The van der Waals surface area contributed by atoms with Crippen LogP contribution in [0, 0.1) is 20.8 Å². The average Bonchev–Trinajstić information content (AvgIpc) is 2.79. The fourth-order valence-electron chi connectivity index (χ4n) is 4.33. The summed E-state index contributed by atoms with van der Waals surface area (Å²) in [6.45, 7) is 9.16. The van der Waals surface area contributed by atoms with Crippen LogP contribution in [0.15, 0.2) is 66.7 Å². The van der Waals surface area contributed by atoms with Crippen LogP contribution in [0.3, 0.4) is 0 Å². The fraction of sp³-hybridized carbons (Fsp3) is 0.455. The van der Waals surface area contributed by atoms with Crippen LogP contribution in [0.25, 0.3) is 0 Å². The van der Waals surface area contributed by atoms with Gasteiger partial charge in [0.15, 0.2) is 0 Å². The Hall–Kier alpha value is -2.32. The zero-order valence-corrected chi connectivity index (χ0v) is 23.8. The molecule has 2 heteroatoms. The second kappa shape index (κ2) is 14.3. The minimum absolute atomic E-state index is 0.287. The summed E-state index contributed by atoms with van der Waals surface area (Å²) >= 11 is 0. The van der Waals surface area contributed by atoms with Crippen molar-refractivity contribution in [2.45, 2.75) is 72.6 Å². The Balaban J connectivity index is 0.000000784. The maximum atomic E-state index is 2.48. The van der Waals surface area contributed by atoms with Gasteiger partial charge in [-0.3, -0.25) is 0 Å². The second-order valence-electron chi connectivity index (χ2n) is 11.6. The van der Waals surface area contributed by atoms with E-state index in [1.165, 1.54) is 83.6 Å². The molecule has 0 heterocycles. The molecule has 35 heavy (non-hydrogen) atoms. The van der Waals surface area contributed by atoms with Gasteiger partial charge in [0.05, 0.1) is 28.2 Å². The number of hydrogen-bond acceptors (Lipinski definition) is 0. The molecule has 3 rings (SSSR count). The van der Waals surface area contributed by atoms with Crippen LogP contribution in [-0.4, -0.2) is 39.4 Å². The lowest BCUT2D eigenvalue weighted by Crippen LogP contribution is -2.52. The number of quaternary nitrogens is 1. The topological polar surface area (TPSA) is 0 Å². The van der Waals surface area contributed by atoms with Crippen LogP contribution in [-0.2, 0) is 6.42 Å². The van der Waals surface area contributed by atoms with Crippen molar-refractivity contribution < 1.29 is 4.48 Å². The smallest absolute Gasteiger partial charge is 0.241 e. The Labute approximate surface area is 217 Å². The summed E-state index contributed by atoms with van der Waals surface area (Å²) in [4.78, 5) is 0. The molecule has 0 unspecified atom stereocenters. The van der Waals surface area contributed by atoms with Gasteiger partial charge in [-0.05, 0) is 44.7 Å². The van der Waals surface area contributed by atoms with Crippen LogP contribution >= 0.6 is 0 Å². The highest BCUT2D eigenvalue weighted by Crippen LogP contribution is 2.13. The Bertz CT molecular complexity index is 945. The molecule has 0 aliphatic heterocycles. The fourth-order valence-corrected chi connectivity index (χ4v) is 4.33. The van der Waals surface area contributed by atoms with Gasteiger partial charge in [-0.15, -0.1) is 0 Å². The van der Waals surface area contributed by atoms with Gasteiger partial charge in [0.25, 0.3) is 0 Å². The first-order valence-electron chi connectivity index (χ1n) is 13.6. The van der Waals surface area contributed by atoms with E-state index in [4.69, 9.17) is 0 Å². The normalized spacial score (nSPS) is 11.1. The van der Waals surface area contributed by atoms with Gasteiger partial charge in [0.1, 0.15) is 0 Å². The van der Waals surface area contributed by atoms with E-state index in [-0.39, 0.29) is 6.71 Å². The molecule has 0 amide bonds. The molecule has 0 spiro atoms. The molecule has 188 valence electrons. The summed E-state index contributed by atoms with van der Waals surface area (Å²) in [7, 11) is 8.50. The van der Waals surface area contributed by atoms with E-state index in [0.29, 0.717) is 0 Å². The largest absolute Gasteiger partial charge is 0.333 e. The minimum atomic E-state index is 0.287. The molecule has 0 saturated carbocycles. The molecule has 0 aliphatic carbocycles. The van der Waals surface area contributed by atoms with E-state index in [2.05, 4.69) is 123 Å². The molecule has 0 radical (unpaired) electrons. The van der Waals surface area contributed by atoms with Crippen molar-refractivity contribution in [3.63, 3.8) is 0 Å². The molecular formula is C33H49BN+. The number of aryl methyl sites for hydroxylation is 4. The first-order chi connectivity index (χ1) is 16.6. The molecule has 0 atom stereocenters. The van der Waals surface area contributed by atoms with Crippen molar-refractivity contribution in [3.8, 4) is 0 Å². The molecule has 0 aromatic heterocycles. The van der Waals surface area contributed by atoms with Crippen LogP contribution in [0.1, 0.15) is 67.7 Å². The van der Waals surface area contributed by atoms with Gasteiger partial charge in [-0.25, -0.2) is 0 Å². The third-order valence-electron chi connectivity index (χ3n) is 6.33. The first kappa shape index (κ1) is 28.9. The first-order valence-corrected chi connectivity index (χ1v) is 13.6. The Kier molecular flexibility index (Phi) is 11.8. The van der Waals surface area contributed by atoms with Crippen molar-refractivity contribution >= 4 is 23.1 Å². The van der Waals surface area contributed by atoms with Gasteiger partial charge in [-0.2, -0.15) is 0 Å². The van der Waals surface area contributed by atoms with Crippen molar-refractivity contribution in [1.29, 1.82) is 0 Å². The molecular weight excluding hydrogens is 421 g/mol. The number of benzene rings is 3. The van der Waals surface area contributed by atoms with E-state index in [1.54, 1.807) is 0 Å². The van der Waals surface area contributed by atoms with Crippen molar-refractivity contribution in [2.24, 2.45) is 0 Å². The third kappa shape index (κ3) is 10.9. The van der Waals surface area contributed by atoms with Crippen LogP contribution in [0.4, 0.5) is 0 Å². The maximum absolute atomic E-state index is 2.48. The van der Waals surface area contributed by atoms with E-state index in [0.717, 1.165) is 4.48 Å². The minimum Gasteiger partial charge on any atom is -0.333 e. The lowest BCUT2D eigenvalue weighted by atomic mass is 9.36. The molecule has 0 aliphatic rings. The predicted octanol–water partition coefficient (Wildman–Crippen LogP) is 6.35. The molecule has 3 aromatic rings. The molecule has 0 saturated heterocycles. The van der Waals surface area contributed by atoms with Crippen molar-refractivity contribution in [3.05, 3.63) is 89.0 Å². The summed E-state index contributed by atoms with van der Waals surface area (Å²) in [5.74, 6) is 0. The lowest BCUT2D eigenvalue weighted by Gasteiger charge is -2.18. The average molecular weight is 471 g/mol. The number of hydrogen-bond donors (Lipinski definition) is 0. The highest BCUT2D eigenvalue weighted by molar-refractivity contribution is 6.95. The quantitative estimate of drug-likeness (QED) is 0.184. The van der Waals surface area contributed by atoms with E-state index in [1.807, 2.05) is 0 Å². The second-order valence-corrected chi connectivity index (χ2v) is 11.6. The van der Waals surface area contributed by atoms with E-state index >= 15 is 0 Å². The highest BCUT2D eigenvalue weighted by atomic mass is 15.2. The van der Waals surface area contributed by atoms with Crippen LogP contribution < -0.4 is 16.4 Å². The van der Waals surface area contributed by atoms with Gasteiger partial charge < -0.3 is 4.48 Å². The third-order valence-corrected chi connectivity index (χ3v) is 6.33. The highest BCUT2D eigenvalue weighted by Gasteiger charge is 2.22. The summed E-state index contributed by atoms with van der Waals surface area (Å²) in [6.07, 6.45) is 9.31. The van der Waals surface area contributed by atoms with Crippen LogP contribution in [0.2, 0.25) is 0 Å². The molecule has 3 aromatic carbocycles. The zero-order chi connectivity index (χ0) is 25.8. The maximum Gasteiger partial charge on any atom is 0.241 e. The molecule has 0 fully saturated rings. The summed E-state index contributed by atoms with van der Waals surface area (Å²) in [5, 5.41) is 0. The molecule has 1 nitrogen and oxygen atoms in total. The van der Waals surface area contributed by atoms with Crippen molar-refractivity contribution in [2.75, 3.05) is 28.2 Å². The van der Waals surface area contributed by atoms with Gasteiger partial charge in [0, 0.05) is 0 Å². The van der Waals surface area contributed by atoms with E-state index < -0.39 is 0 Å². The van der Waals surface area contributed by atoms with Crippen molar-refractivity contribution in [1.82, 2.24) is 0 Å².